The van der Waals surface area contributed by atoms with Crippen LogP contribution in [0.1, 0.15) is 30.1 Å². The first-order chi connectivity index (χ1) is 12.8. The van der Waals surface area contributed by atoms with Gasteiger partial charge in [-0.05, 0) is 30.5 Å². The molecule has 7 heteroatoms. The Morgan fingerprint density at radius 3 is 2.73 bits per heavy atom. The van der Waals surface area contributed by atoms with E-state index in [9.17, 15) is 4.79 Å². The van der Waals surface area contributed by atoms with Gasteiger partial charge in [0, 0.05) is 63.4 Å². The maximum atomic E-state index is 12.8. The Morgan fingerprint density at radius 2 is 1.92 bits per heavy atom. The number of amides is 2. The summed E-state index contributed by atoms with van der Waals surface area (Å²) >= 11 is 0. The van der Waals surface area contributed by atoms with E-state index in [1.807, 2.05) is 46.7 Å². The van der Waals surface area contributed by atoms with Crippen LogP contribution in [0.3, 0.4) is 0 Å². The van der Waals surface area contributed by atoms with Crippen molar-refractivity contribution in [2.24, 2.45) is 0 Å². The van der Waals surface area contributed by atoms with E-state index in [0.717, 1.165) is 38.3 Å². The van der Waals surface area contributed by atoms with Crippen LogP contribution in [0.15, 0.2) is 36.9 Å². The Bertz CT molecular complexity index is 727. The minimum absolute atomic E-state index is 0.144. The van der Waals surface area contributed by atoms with Crippen molar-refractivity contribution in [2.75, 3.05) is 39.4 Å². The number of morpholine rings is 1. The normalized spacial score (nSPS) is 21.0. The molecule has 4 heterocycles. The van der Waals surface area contributed by atoms with Crippen molar-refractivity contribution in [3.8, 4) is 0 Å². The number of carbonyl (C=O) groups excluding carboxylic acids is 1. The molecule has 0 unspecified atom stereocenters. The van der Waals surface area contributed by atoms with Gasteiger partial charge in [0.2, 0.25) is 0 Å². The molecule has 7 nitrogen and oxygen atoms in total. The molecule has 2 aromatic rings. The highest BCUT2D eigenvalue weighted by molar-refractivity contribution is 5.74. The molecule has 0 saturated carbocycles. The lowest BCUT2D eigenvalue weighted by atomic mass is 9.97. The molecular weight excluding hydrogens is 330 g/mol. The summed E-state index contributed by atoms with van der Waals surface area (Å²) in [6, 6.07) is 4.20. The summed E-state index contributed by atoms with van der Waals surface area (Å²) in [4.78, 5) is 25.4. The number of hydrogen-bond donors (Lipinski definition) is 0. The van der Waals surface area contributed by atoms with Gasteiger partial charge in [-0.2, -0.15) is 0 Å². The molecule has 2 aliphatic rings. The van der Waals surface area contributed by atoms with Crippen LogP contribution in [0.4, 0.5) is 4.79 Å². The first-order valence-electron chi connectivity index (χ1n) is 9.33. The number of hydrogen-bond acceptors (Lipinski definition) is 4. The summed E-state index contributed by atoms with van der Waals surface area (Å²) in [6.45, 7) is 5.01. The summed E-state index contributed by atoms with van der Waals surface area (Å²) in [5, 5.41) is 0. The molecule has 2 amide bonds. The molecule has 4 rings (SSSR count). The number of pyridine rings is 1. The molecule has 0 aromatic carbocycles. The molecule has 138 valence electrons. The molecule has 0 aliphatic carbocycles. The van der Waals surface area contributed by atoms with E-state index in [-0.39, 0.29) is 11.9 Å². The molecule has 0 spiro atoms. The summed E-state index contributed by atoms with van der Waals surface area (Å²) < 4.78 is 7.56. The van der Waals surface area contributed by atoms with Crippen LogP contribution in [0.5, 0.6) is 0 Å². The number of ether oxygens (including phenoxy) is 1. The van der Waals surface area contributed by atoms with Gasteiger partial charge in [0.05, 0.1) is 13.2 Å². The Balaban J connectivity index is 1.45. The third-order valence-corrected chi connectivity index (χ3v) is 5.19. The zero-order chi connectivity index (χ0) is 17.8. The Hall–Kier alpha value is -2.41. The molecule has 2 fully saturated rings. The number of aromatic nitrogens is 3. The van der Waals surface area contributed by atoms with Gasteiger partial charge in [0.1, 0.15) is 5.82 Å². The Kier molecular flexibility index (Phi) is 5.15. The Labute approximate surface area is 153 Å². The van der Waals surface area contributed by atoms with Crippen molar-refractivity contribution in [2.45, 2.75) is 25.3 Å². The highest BCUT2D eigenvalue weighted by atomic mass is 16.5. The fourth-order valence-electron chi connectivity index (χ4n) is 3.82. The van der Waals surface area contributed by atoms with E-state index in [4.69, 9.17) is 4.74 Å². The number of urea groups is 1. The van der Waals surface area contributed by atoms with Gasteiger partial charge < -0.3 is 19.1 Å². The molecule has 1 atom stereocenters. The number of nitrogens with zero attached hydrogens (tertiary/aromatic N) is 5. The van der Waals surface area contributed by atoms with E-state index < -0.39 is 0 Å². The minimum Gasteiger partial charge on any atom is -0.378 e. The third-order valence-electron chi connectivity index (χ3n) is 5.19. The second-order valence-corrected chi connectivity index (χ2v) is 6.94. The first-order valence-corrected chi connectivity index (χ1v) is 9.33. The quantitative estimate of drug-likeness (QED) is 0.844. The van der Waals surface area contributed by atoms with Crippen molar-refractivity contribution in [1.82, 2.24) is 24.3 Å². The minimum atomic E-state index is 0.144. The van der Waals surface area contributed by atoms with Crippen molar-refractivity contribution in [3.63, 3.8) is 0 Å². The largest absolute Gasteiger partial charge is 0.378 e. The highest BCUT2D eigenvalue weighted by Gasteiger charge is 2.30. The lowest BCUT2D eigenvalue weighted by Crippen LogP contribution is -2.50. The monoisotopic (exact) mass is 355 g/mol. The van der Waals surface area contributed by atoms with Crippen LogP contribution >= 0.6 is 0 Å². The lowest BCUT2D eigenvalue weighted by Gasteiger charge is -2.37. The number of carbonyl (C=O) groups is 1. The van der Waals surface area contributed by atoms with Crippen LogP contribution in [-0.4, -0.2) is 69.8 Å². The topological polar surface area (TPSA) is 63.5 Å². The van der Waals surface area contributed by atoms with Crippen LogP contribution in [0, 0.1) is 0 Å². The van der Waals surface area contributed by atoms with Gasteiger partial charge in [-0.3, -0.25) is 4.98 Å². The lowest BCUT2D eigenvalue weighted by molar-refractivity contribution is 0.0407. The smallest absolute Gasteiger partial charge is 0.320 e. The first kappa shape index (κ1) is 17.0. The molecule has 0 N–H and O–H groups in total. The predicted octanol–water partition coefficient (Wildman–Crippen LogP) is 1.96. The van der Waals surface area contributed by atoms with Gasteiger partial charge in [-0.15, -0.1) is 0 Å². The second kappa shape index (κ2) is 7.86. The summed E-state index contributed by atoms with van der Waals surface area (Å²) in [5.74, 6) is 1.35. The van der Waals surface area contributed by atoms with E-state index in [2.05, 4.69) is 14.5 Å². The highest BCUT2D eigenvalue weighted by Crippen LogP contribution is 2.27. The third kappa shape index (κ3) is 3.72. The Morgan fingerprint density at radius 1 is 1.12 bits per heavy atom. The number of imidazole rings is 1. The van der Waals surface area contributed by atoms with Gasteiger partial charge >= 0.3 is 6.03 Å². The predicted molar refractivity (Wildman–Crippen MR) is 96.9 cm³/mol. The zero-order valence-electron chi connectivity index (χ0n) is 15.0. The van der Waals surface area contributed by atoms with Crippen molar-refractivity contribution < 1.29 is 9.53 Å². The number of piperidine rings is 1. The standard InChI is InChI=1S/C19H25N5O2/c25-19(22-10-12-26-13-11-22)24-8-1-2-17(15-24)18-21-7-9-23(18)14-16-3-5-20-6-4-16/h3-7,9,17H,1-2,8,10-15H2/t17-/m0/s1. The van der Waals surface area contributed by atoms with Crippen LogP contribution in [-0.2, 0) is 11.3 Å². The van der Waals surface area contributed by atoms with Crippen LogP contribution < -0.4 is 0 Å². The van der Waals surface area contributed by atoms with E-state index in [0.29, 0.717) is 26.3 Å². The van der Waals surface area contributed by atoms with Crippen LogP contribution in [0.2, 0.25) is 0 Å². The summed E-state index contributed by atoms with van der Waals surface area (Å²) in [7, 11) is 0. The second-order valence-electron chi connectivity index (χ2n) is 6.94. The van der Waals surface area contributed by atoms with Crippen molar-refractivity contribution >= 4 is 6.03 Å². The van der Waals surface area contributed by atoms with E-state index in [1.54, 1.807) is 0 Å². The molecular formula is C19H25N5O2. The van der Waals surface area contributed by atoms with Gasteiger partial charge in [-0.25, -0.2) is 9.78 Å². The summed E-state index contributed by atoms with van der Waals surface area (Å²) in [5.41, 5.74) is 1.20. The molecule has 0 bridgehead atoms. The van der Waals surface area contributed by atoms with E-state index >= 15 is 0 Å². The average molecular weight is 355 g/mol. The fraction of sp³-hybridized carbons (Fsp3) is 0.526. The van der Waals surface area contributed by atoms with Gasteiger partial charge in [-0.1, -0.05) is 0 Å². The molecule has 2 saturated heterocycles. The average Bonchev–Trinajstić information content (AvgIpc) is 3.17. The SMILES string of the molecule is O=C(N1CCOCC1)N1CCC[C@H](c2nccn2Cc2ccncc2)C1. The molecule has 26 heavy (non-hydrogen) atoms. The van der Waals surface area contributed by atoms with Crippen molar-refractivity contribution in [1.29, 1.82) is 0 Å². The summed E-state index contributed by atoms with van der Waals surface area (Å²) in [6.07, 6.45) is 9.60. The fourth-order valence-corrected chi connectivity index (χ4v) is 3.82. The maximum Gasteiger partial charge on any atom is 0.320 e. The van der Waals surface area contributed by atoms with Gasteiger partial charge in [0.25, 0.3) is 0 Å². The number of rotatable bonds is 3. The zero-order valence-corrected chi connectivity index (χ0v) is 15.0. The van der Waals surface area contributed by atoms with Gasteiger partial charge in [0.15, 0.2) is 0 Å². The molecule has 2 aliphatic heterocycles. The van der Waals surface area contributed by atoms with Crippen LogP contribution in [0.25, 0.3) is 0 Å². The number of likely N-dealkylation sites (tertiary alicyclic amines) is 1. The maximum absolute atomic E-state index is 12.8. The van der Waals surface area contributed by atoms with E-state index in [1.165, 1.54) is 5.56 Å². The molecule has 0 radical (unpaired) electrons. The van der Waals surface area contributed by atoms with Crippen molar-refractivity contribution in [3.05, 3.63) is 48.3 Å². The molecule has 2 aromatic heterocycles.